The average molecular weight is 176 g/mol. The van der Waals surface area contributed by atoms with Gasteiger partial charge in [0.25, 0.3) is 0 Å². The molecule has 0 N–H and O–H groups in total. The molecule has 0 radical (unpaired) electrons. The Morgan fingerprint density at radius 1 is 1.36 bits per heavy atom. The first-order valence-electron chi connectivity index (χ1n) is 2.44. The number of carbonyl (C=O) groups excluding carboxylic acids is 1. The summed E-state index contributed by atoms with van der Waals surface area (Å²) in [6, 6.07) is 0. The maximum Gasteiger partial charge on any atom is 0.577 e. The van der Waals surface area contributed by atoms with E-state index in [1.54, 1.807) is 0 Å². The molecule has 0 heterocycles. The molecule has 0 spiro atoms. The molecule has 11 heavy (non-hydrogen) atoms. The third-order valence-corrected chi connectivity index (χ3v) is 0.496. The normalized spacial score (nSPS) is 10.9. The van der Waals surface area contributed by atoms with Crippen molar-refractivity contribution in [3.8, 4) is 0 Å². The Morgan fingerprint density at radius 2 is 1.91 bits per heavy atom. The highest BCUT2D eigenvalue weighted by molar-refractivity contribution is 5.59. The van der Waals surface area contributed by atoms with Gasteiger partial charge in [-0.1, -0.05) is 0 Å². The summed E-state index contributed by atoms with van der Waals surface area (Å²) in [6.45, 7) is -1.79. The average Bonchev–Trinajstić information content (AvgIpc) is 1.79. The third kappa shape index (κ3) is 6.88. The van der Waals surface area contributed by atoms with E-state index in [1.165, 1.54) is 0 Å². The van der Waals surface area contributed by atoms with E-state index < -0.39 is 25.8 Å². The lowest BCUT2D eigenvalue weighted by Crippen LogP contribution is -2.20. The second kappa shape index (κ2) is 3.99. The topological polar surface area (TPSA) is 35.5 Å². The van der Waals surface area contributed by atoms with Crippen LogP contribution in [0.25, 0.3) is 0 Å². The molecular weight excluding hydrogens is 172 g/mol. The highest BCUT2D eigenvalue weighted by Crippen LogP contribution is 2.16. The van der Waals surface area contributed by atoms with Crippen LogP contribution in [0.1, 0.15) is 0 Å². The van der Waals surface area contributed by atoms with Gasteiger partial charge in [-0.2, -0.15) is 0 Å². The number of ether oxygens (including phenoxy) is 2. The van der Waals surface area contributed by atoms with Gasteiger partial charge in [-0.3, -0.25) is 0 Å². The van der Waals surface area contributed by atoms with Gasteiger partial charge in [0.15, 0.2) is 0 Å². The standard InChI is InChI=1S/C4H4F4O3/c5-1-2-10-3(9)11-4(6,7)8/h1-2H2. The summed E-state index contributed by atoms with van der Waals surface area (Å²) < 4.78 is 50.8. The minimum atomic E-state index is -5.08. The summed E-state index contributed by atoms with van der Waals surface area (Å²) in [5.41, 5.74) is 0. The molecule has 0 atom stereocenters. The lowest BCUT2D eigenvalue weighted by molar-refractivity contribution is -0.299. The van der Waals surface area contributed by atoms with Crippen molar-refractivity contribution in [2.24, 2.45) is 0 Å². The number of halogens is 4. The highest BCUT2D eigenvalue weighted by Gasteiger charge is 2.34. The Hall–Kier alpha value is -1.01. The van der Waals surface area contributed by atoms with E-state index in [2.05, 4.69) is 9.47 Å². The molecule has 66 valence electrons. The number of hydrogen-bond donors (Lipinski definition) is 0. The summed E-state index contributed by atoms with van der Waals surface area (Å²) in [5.74, 6) is 0. The van der Waals surface area contributed by atoms with E-state index in [-0.39, 0.29) is 0 Å². The van der Waals surface area contributed by atoms with Crippen molar-refractivity contribution >= 4 is 6.16 Å². The van der Waals surface area contributed by atoms with E-state index in [9.17, 15) is 22.4 Å². The molecule has 0 aromatic carbocycles. The molecule has 0 bridgehead atoms. The van der Waals surface area contributed by atoms with Crippen LogP contribution < -0.4 is 0 Å². The van der Waals surface area contributed by atoms with Crippen molar-refractivity contribution < 1.29 is 31.8 Å². The first kappa shape index (κ1) is 9.99. The SMILES string of the molecule is O=C(OCCF)OC(F)(F)F. The van der Waals surface area contributed by atoms with E-state index >= 15 is 0 Å². The third-order valence-electron chi connectivity index (χ3n) is 0.496. The fraction of sp³-hybridized carbons (Fsp3) is 0.750. The highest BCUT2D eigenvalue weighted by atomic mass is 19.4. The summed E-state index contributed by atoms with van der Waals surface area (Å²) >= 11 is 0. The van der Waals surface area contributed by atoms with Gasteiger partial charge in [0, 0.05) is 0 Å². The maximum atomic E-state index is 11.2. The molecule has 0 aliphatic carbocycles. The molecule has 0 aromatic heterocycles. The van der Waals surface area contributed by atoms with Gasteiger partial charge in [0.1, 0.15) is 13.3 Å². The van der Waals surface area contributed by atoms with Gasteiger partial charge in [0.05, 0.1) is 0 Å². The molecule has 3 nitrogen and oxygen atoms in total. The first-order valence-corrected chi connectivity index (χ1v) is 2.44. The second-order valence-corrected chi connectivity index (χ2v) is 1.34. The van der Waals surface area contributed by atoms with Crippen LogP contribution in [0.15, 0.2) is 0 Å². The van der Waals surface area contributed by atoms with Crippen LogP contribution in [0.5, 0.6) is 0 Å². The molecular formula is C4H4F4O3. The molecule has 0 aliphatic rings. The van der Waals surface area contributed by atoms with E-state index in [1.807, 2.05) is 0 Å². The summed E-state index contributed by atoms with van der Waals surface area (Å²) in [4.78, 5) is 9.89. The lowest BCUT2D eigenvalue weighted by Gasteiger charge is -2.05. The summed E-state index contributed by atoms with van der Waals surface area (Å²) in [6.07, 6.45) is -7.02. The van der Waals surface area contributed by atoms with Crippen LogP contribution in [0, 0.1) is 0 Å². The number of rotatable bonds is 2. The van der Waals surface area contributed by atoms with Crippen molar-refractivity contribution in [3.63, 3.8) is 0 Å². The molecule has 0 fully saturated rings. The minimum absolute atomic E-state index is 0.741. The fourth-order valence-corrected chi connectivity index (χ4v) is 0.246. The molecule has 0 amide bonds. The minimum Gasteiger partial charge on any atom is -0.431 e. The Kier molecular flexibility index (Phi) is 3.63. The molecule has 0 saturated carbocycles. The summed E-state index contributed by atoms with van der Waals surface area (Å²) in [7, 11) is 0. The lowest BCUT2D eigenvalue weighted by atomic mass is 10.8. The predicted octanol–water partition coefficient (Wildman–Crippen LogP) is 1.63. The van der Waals surface area contributed by atoms with Crippen LogP contribution in [0.4, 0.5) is 22.4 Å². The van der Waals surface area contributed by atoms with Crippen molar-refractivity contribution in [2.75, 3.05) is 13.3 Å². The van der Waals surface area contributed by atoms with E-state index in [0.717, 1.165) is 0 Å². The van der Waals surface area contributed by atoms with E-state index in [0.29, 0.717) is 0 Å². The van der Waals surface area contributed by atoms with Gasteiger partial charge in [-0.15, -0.1) is 13.2 Å². The predicted molar refractivity (Wildman–Crippen MR) is 24.5 cm³/mol. The second-order valence-electron chi connectivity index (χ2n) is 1.34. The quantitative estimate of drug-likeness (QED) is 0.473. The Labute approximate surface area is 58.9 Å². The van der Waals surface area contributed by atoms with Crippen LogP contribution in [-0.4, -0.2) is 25.8 Å². The van der Waals surface area contributed by atoms with E-state index in [4.69, 9.17) is 0 Å². The molecule has 0 aliphatic heterocycles. The van der Waals surface area contributed by atoms with Gasteiger partial charge in [0.2, 0.25) is 0 Å². The maximum absolute atomic E-state index is 11.2. The van der Waals surface area contributed by atoms with Gasteiger partial charge in [-0.25, -0.2) is 9.18 Å². The Balaban J connectivity index is 3.53. The van der Waals surface area contributed by atoms with Gasteiger partial charge in [-0.05, 0) is 0 Å². The van der Waals surface area contributed by atoms with Crippen LogP contribution in [0.3, 0.4) is 0 Å². The molecule has 7 heteroatoms. The number of hydrogen-bond acceptors (Lipinski definition) is 3. The zero-order valence-electron chi connectivity index (χ0n) is 5.15. The smallest absolute Gasteiger partial charge is 0.431 e. The van der Waals surface area contributed by atoms with Crippen LogP contribution in [-0.2, 0) is 9.47 Å². The molecule has 0 unspecified atom stereocenters. The van der Waals surface area contributed by atoms with Crippen LogP contribution >= 0.6 is 0 Å². The van der Waals surface area contributed by atoms with Crippen molar-refractivity contribution in [2.45, 2.75) is 6.36 Å². The summed E-state index contributed by atoms with van der Waals surface area (Å²) in [5, 5.41) is 0. The molecule has 0 rings (SSSR count). The fourth-order valence-electron chi connectivity index (χ4n) is 0.246. The Bertz CT molecular complexity index is 132. The molecule has 0 saturated heterocycles. The van der Waals surface area contributed by atoms with Crippen LogP contribution in [0.2, 0.25) is 0 Å². The number of carbonyl (C=O) groups is 1. The zero-order valence-corrected chi connectivity index (χ0v) is 5.15. The zero-order chi connectivity index (χ0) is 8.91. The van der Waals surface area contributed by atoms with Gasteiger partial charge < -0.3 is 9.47 Å². The monoisotopic (exact) mass is 176 g/mol. The van der Waals surface area contributed by atoms with Crippen molar-refractivity contribution in [1.82, 2.24) is 0 Å². The largest absolute Gasteiger partial charge is 0.577 e. The molecule has 0 aromatic rings. The van der Waals surface area contributed by atoms with Crippen molar-refractivity contribution in [3.05, 3.63) is 0 Å². The first-order chi connectivity index (χ1) is 4.95. The number of alkyl halides is 4. The van der Waals surface area contributed by atoms with Crippen molar-refractivity contribution in [1.29, 1.82) is 0 Å². The Morgan fingerprint density at radius 3 is 2.27 bits per heavy atom. The van der Waals surface area contributed by atoms with Gasteiger partial charge >= 0.3 is 12.5 Å².